The molecule has 0 aliphatic heterocycles. The van der Waals surface area contributed by atoms with Gasteiger partial charge in [0.1, 0.15) is 11.5 Å². The van der Waals surface area contributed by atoms with Crippen molar-refractivity contribution in [3.05, 3.63) is 59.8 Å². The molecule has 3 rings (SSSR count). The monoisotopic (exact) mass is 293 g/mol. The molecule has 22 heavy (non-hydrogen) atoms. The summed E-state index contributed by atoms with van der Waals surface area (Å²) in [6.07, 6.45) is 1.63. The van der Waals surface area contributed by atoms with Gasteiger partial charge < -0.3 is 16.2 Å². The Morgan fingerprint density at radius 3 is 2.55 bits per heavy atom. The highest BCUT2D eigenvalue weighted by molar-refractivity contribution is 5.99. The van der Waals surface area contributed by atoms with Crippen LogP contribution in [0.25, 0.3) is 10.9 Å². The fourth-order valence-corrected chi connectivity index (χ4v) is 2.29. The normalized spacial score (nSPS) is 10.6. The fraction of sp³-hybridized carbons (Fsp3) is 0.0588. The number of benzene rings is 2. The van der Waals surface area contributed by atoms with Crippen LogP contribution >= 0.6 is 0 Å². The average molecular weight is 293 g/mol. The molecule has 0 aliphatic rings. The molecule has 0 unspecified atom stereocenters. The van der Waals surface area contributed by atoms with Crippen molar-refractivity contribution in [2.24, 2.45) is 5.73 Å². The Hall–Kier alpha value is -3.08. The molecule has 1 amide bonds. The van der Waals surface area contributed by atoms with E-state index in [2.05, 4.69) is 4.98 Å². The van der Waals surface area contributed by atoms with Crippen molar-refractivity contribution < 1.29 is 9.53 Å². The zero-order chi connectivity index (χ0) is 15.7. The van der Waals surface area contributed by atoms with Crippen LogP contribution in [0.15, 0.2) is 48.7 Å². The number of rotatable bonds is 3. The molecular weight excluding hydrogens is 278 g/mol. The van der Waals surface area contributed by atoms with Gasteiger partial charge >= 0.3 is 0 Å². The molecule has 0 bridgehead atoms. The van der Waals surface area contributed by atoms with E-state index >= 15 is 0 Å². The van der Waals surface area contributed by atoms with Gasteiger partial charge in [-0.3, -0.25) is 9.78 Å². The SMILES string of the molecule is Cc1cc2c(Oc3ccc(N)cc3)ccnc2cc1C(N)=O. The summed E-state index contributed by atoms with van der Waals surface area (Å²) in [6, 6.07) is 12.5. The van der Waals surface area contributed by atoms with Gasteiger partial charge in [-0.05, 0) is 55.0 Å². The van der Waals surface area contributed by atoms with E-state index in [1.165, 1.54) is 0 Å². The lowest BCUT2D eigenvalue weighted by Gasteiger charge is -2.11. The number of amides is 1. The van der Waals surface area contributed by atoms with Gasteiger partial charge in [0.15, 0.2) is 0 Å². The number of anilines is 1. The van der Waals surface area contributed by atoms with Crippen molar-refractivity contribution in [2.75, 3.05) is 5.73 Å². The maximum Gasteiger partial charge on any atom is 0.249 e. The lowest BCUT2D eigenvalue weighted by Crippen LogP contribution is -2.12. The van der Waals surface area contributed by atoms with Crippen molar-refractivity contribution in [3.63, 3.8) is 0 Å². The van der Waals surface area contributed by atoms with Gasteiger partial charge in [0, 0.05) is 22.8 Å². The third-order valence-electron chi connectivity index (χ3n) is 3.42. The number of nitrogens with zero attached hydrogens (tertiary/aromatic N) is 1. The summed E-state index contributed by atoms with van der Waals surface area (Å²) in [5, 5.41) is 0.821. The fourth-order valence-electron chi connectivity index (χ4n) is 2.29. The Morgan fingerprint density at radius 2 is 1.86 bits per heavy atom. The van der Waals surface area contributed by atoms with E-state index in [4.69, 9.17) is 16.2 Å². The summed E-state index contributed by atoms with van der Waals surface area (Å²) in [5.41, 5.74) is 13.6. The first-order chi connectivity index (χ1) is 10.5. The predicted octanol–water partition coefficient (Wildman–Crippen LogP) is 3.02. The molecule has 5 heteroatoms. The van der Waals surface area contributed by atoms with Crippen molar-refractivity contribution >= 4 is 22.5 Å². The van der Waals surface area contributed by atoms with E-state index in [0.29, 0.717) is 28.3 Å². The maximum absolute atomic E-state index is 11.4. The van der Waals surface area contributed by atoms with E-state index in [-0.39, 0.29) is 0 Å². The summed E-state index contributed by atoms with van der Waals surface area (Å²) >= 11 is 0. The van der Waals surface area contributed by atoms with E-state index in [1.807, 2.05) is 13.0 Å². The van der Waals surface area contributed by atoms with Crippen LogP contribution in [0.5, 0.6) is 11.5 Å². The average Bonchev–Trinajstić information content (AvgIpc) is 2.49. The standard InChI is InChI=1S/C17H15N3O2/c1-10-8-14-15(9-13(10)17(19)21)20-7-6-16(14)22-12-4-2-11(18)3-5-12/h2-9H,18H2,1H3,(H2,19,21). The number of hydrogen-bond donors (Lipinski definition) is 2. The second-order valence-electron chi connectivity index (χ2n) is 5.03. The summed E-state index contributed by atoms with van der Waals surface area (Å²) in [5.74, 6) is 0.873. The Morgan fingerprint density at radius 1 is 1.14 bits per heavy atom. The van der Waals surface area contributed by atoms with Crippen LogP contribution in [0.2, 0.25) is 0 Å². The number of primary amides is 1. The predicted molar refractivity (Wildman–Crippen MR) is 85.9 cm³/mol. The van der Waals surface area contributed by atoms with Gasteiger partial charge in [0.2, 0.25) is 5.91 Å². The lowest BCUT2D eigenvalue weighted by molar-refractivity contribution is 0.1000. The van der Waals surface area contributed by atoms with E-state index in [1.54, 1.807) is 42.6 Å². The molecule has 1 aromatic heterocycles. The first-order valence-electron chi connectivity index (χ1n) is 6.77. The molecule has 1 heterocycles. The van der Waals surface area contributed by atoms with Crippen molar-refractivity contribution in [2.45, 2.75) is 6.92 Å². The number of ether oxygens (including phenoxy) is 1. The maximum atomic E-state index is 11.4. The van der Waals surface area contributed by atoms with Crippen molar-refractivity contribution in [1.82, 2.24) is 4.98 Å². The molecule has 3 aromatic rings. The number of nitrogen functional groups attached to an aromatic ring is 1. The lowest BCUT2D eigenvalue weighted by atomic mass is 10.0. The minimum atomic E-state index is -0.467. The van der Waals surface area contributed by atoms with Crippen LogP contribution in [0.4, 0.5) is 5.69 Å². The highest BCUT2D eigenvalue weighted by Crippen LogP contribution is 2.30. The smallest absolute Gasteiger partial charge is 0.249 e. The van der Waals surface area contributed by atoms with Crippen LogP contribution in [-0.4, -0.2) is 10.9 Å². The van der Waals surface area contributed by atoms with Crippen molar-refractivity contribution in [3.8, 4) is 11.5 Å². The molecule has 110 valence electrons. The minimum absolute atomic E-state index is 0.463. The highest BCUT2D eigenvalue weighted by atomic mass is 16.5. The second-order valence-corrected chi connectivity index (χ2v) is 5.03. The molecule has 2 aromatic carbocycles. The van der Waals surface area contributed by atoms with Crippen LogP contribution in [0.3, 0.4) is 0 Å². The van der Waals surface area contributed by atoms with Crippen LogP contribution in [0, 0.1) is 6.92 Å². The van der Waals surface area contributed by atoms with Crippen LogP contribution < -0.4 is 16.2 Å². The molecule has 0 radical (unpaired) electrons. The van der Waals surface area contributed by atoms with Gasteiger partial charge in [-0.2, -0.15) is 0 Å². The van der Waals surface area contributed by atoms with Gasteiger partial charge in [0.25, 0.3) is 0 Å². The largest absolute Gasteiger partial charge is 0.457 e. The highest BCUT2D eigenvalue weighted by Gasteiger charge is 2.11. The van der Waals surface area contributed by atoms with E-state index in [9.17, 15) is 4.79 Å². The molecule has 0 atom stereocenters. The first-order valence-corrected chi connectivity index (χ1v) is 6.77. The summed E-state index contributed by atoms with van der Waals surface area (Å²) in [6.45, 7) is 1.83. The number of aromatic nitrogens is 1. The Bertz CT molecular complexity index is 858. The van der Waals surface area contributed by atoms with E-state index < -0.39 is 5.91 Å². The minimum Gasteiger partial charge on any atom is -0.457 e. The number of carbonyl (C=O) groups excluding carboxylic acids is 1. The number of aryl methyl sites for hydroxylation is 1. The molecule has 4 N–H and O–H groups in total. The van der Waals surface area contributed by atoms with Gasteiger partial charge in [-0.1, -0.05) is 0 Å². The zero-order valence-electron chi connectivity index (χ0n) is 12.0. The number of carbonyl (C=O) groups is 1. The number of hydrogen-bond acceptors (Lipinski definition) is 4. The topological polar surface area (TPSA) is 91.2 Å². The van der Waals surface area contributed by atoms with Gasteiger partial charge in [0.05, 0.1) is 5.52 Å². The number of fused-ring (bicyclic) bond motifs is 1. The molecule has 0 saturated heterocycles. The molecule has 0 fully saturated rings. The molecular formula is C17H15N3O2. The molecule has 0 spiro atoms. The van der Waals surface area contributed by atoms with Gasteiger partial charge in [-0.25, -0.2) is 0 Å². The first kappa shape index (κ1) is 13.9. The quantitative estimate of drug-likeness (QED) is 0.726. The third kappa shape index (κ3) is 2.56. The Labute approximate surface area is 127 Å². The van der Waals surface area contributed by atoms with Crippen LogP contribution in [-0.2, 0) is 0 Å². The molecule has 0 aliphatic carbocycles. The van der Waals surface area contributed by atoms with Gasteiger partial charge in [-0.15, -0.1) is 0 Å². The Balaban J connectivity index is 2.08. The summed E-state index contributed by atoms with van der Waals surface area (Å²) < 4.78 is 5.89. The van der Waals surface area contributed by atoms with E-state index in [0.717, 1.165) is 10.9 Å². The van der Waals surface area contributed by atoms with Crippen LogP contribution in [0.1, 0.15) is 15.9 Å². The third-order valence-corrected chi connectivity index (χ3v) is 3.42. The zero-order valence-corrected chi connectivity index (χ0v) is 12.0. The van der Waals surface area contributed by atoms with Crippen molar-refractivity contribution in [1.29, 1.82) is 0 Å². The summed E-state index contributed by atoms with van der Waals surface area (Å²) in [4.78, 5) is 15.7. The second kappa shape index (κ2) is 5.37. The Kier molecular flexibility index (Phi) is 3.39. The molecule has 0 saturated carbocycles. The number of nitrogens with two attached hydrogens (primary N) is 2. The summed E-state index contributed by atoms with van der Waals surface area (Å²) in [7, 11) is 0. The number of pyridine rings is 1. The molecule has 5 nitrogen and oxygen atoms in total.